The molecule has 0 bridgehead atoms. The number of anilines is 1. The summed E-state index contributed by atoms with van der Waals surface area (Å²) in [6.07, 6.45) is -0.0637. The van der Waals surface area contributed by atoms with E-state index in [9.17, 15) is 5.11 Å². The van der Waals surface area contributed by atoms with Gasteiger partial charge in [0.15, 0.2) is 0 Å². The van der Waals surface area contributed by atoms with Crippen LogP contribution in [0.2, 0.25) is 10.0 Å². The third-order valence-corrected chi connectivity index (χ3v) is 4.88. The minimum absolute atomic E-state index is 0.0394. The molecule has 0 amide bonds. The fraction of sp³-hybridized carbons (Fsp3) is 0.182. The maximum Gasteiger partial charge on any atom is 0.0813 e. The molecule has 0 aliphatic rings. The fourth-order valence-corrected chi connectivity index (χ4v) is 3.12. The Kier molecular flexibility index (Phi) is 6.20. The van der Waals surface area contributed by atoms with Gasteiger partial charge in [-0.1, -0.05) is 65.2 Å². The van der Waals surface area contributed by atoms with Crippen LogP contribution in [0.3, 0.4) is 0 Å². The molecule has 2 unspecified atom stereocenters. The quantitative estimate of drug-likeness (QED) is 0.502. The minimum Gasteiger partial charge on any atom is -0.388 e. The molecule has 0 saturated heterocycles. The SMILES string of the molecule is Cc1ccc(C(CC(O)c2ccc(Cl)cc2)Nc2ccc(Cl)cc2)cc1. The third-order valence-electron chi connectivity index (χ3n) is 4.38. The fourth-order valence-electron chi connectivity index (χ4n) is 2.87. The van der Waals surface area contributed by atoms with E-state index < -0.39 is 6.10 Å². The average Bonchev–Trinajstić information content (AvgIpc) is 2.64. The molecule has 0 aromatic heterocycles. The number of halogens is 2. The van der Waals surface area contributed by atoms with E-state index >= 15 is 0 Å². The number of nitrogens with one attached hydrogen (secondary N) is 1. The molecule has 0 radical (unpaired) electrons. The van der Waals surface area contributed by atoms with Crippen molar-refractivity contribution < 1.29 is 5.11 Å². The highest BCUT2D eigenvalue weighted by Gasteiger charge is 2.18. The van der Waals surface area contributed by atoms with Crippen molar-refractivity contribution in [1.82, 2.24) is 0 Å². The van der Waals surface area contributed by atoms with Gasteiger partial charge in [-0.3, -0.25) is 0 Å². The van der Waals surface area contributed by atoms with Gasteiger partial charge >= 0.3 is 0 Å². The van der Waals surface area contributed by atoms with Crippen molar-refractivity contribution in [3.63, 3.8) is 0 Å². The zero-order chi connectivity index (χ0) is 18.5. The van der Waals surface area contributed by atoms with E-state index in [1.807, 2.05) is 36.4 Å². The molecule has 3 aromatic carbocycles. The van der Waals surface area contributed by atoms with Crippen LogP contribution in [0.4, 0.5) is 5.69 Å². The lowest BCUT2D eigenvalue weighted by Gasteiger charge is -2.24. The average molecular weight is 386 g/mol. The van der Waals surface area contributed by atoms with Gasteiger partial charge in [0.1, 0.15) is 0 Å². The van der Waals surface area contributed by atoms with Crippen LogP contribution in [0, 0.1) is 6.92 Å². The zero-order valence-corrected chi connectivity index (χ0v) is 16.0. The molecule has 134 valence electrons. The molecule has 2 atom stereocenters. The van der Waals surface area contributed by atoms with Crippen LogP contribution in [-0.4, -0.2) is 5.11 Å². The van der Waals surface area contributed by atoms with Crippen LogP contribution >= 0.6 is 23.2 Å². The second-order valence-corrected chi connectivity index (χ2v) is 7.29. The first kappa shape index (κ1) is 18.8. The summed E-state index contributed by atoms with van der Waals surface area (Å²) in [5.74, 6) is 0. The molecule has 0 aliphatic carbocycles. The summed E-state index contributed by atoms with van der Waals surface area (Å²) in [4.78, 5) is 0. The van der Waals surface area contributed by atoms with Gasteiger partial charge in [0.05, 0.1) is 12.1 Å². The summed E-state index contributed by atoms with van der Waals surface area (Å²) in [6.45, 7) is 2.06. The van der Waals surface area contributed by atoms with Crippen LogP contribution < -0.4 is 5.32 Å². The van der Waals surface area contributed by atoms with Gasteiger partial charge in [-0.05, 0) is 54.4 Å². The predicted molar refractivity (Wildman–Crippen MR) is 110 cm³/mol. The van der Waals surface area contributed by atoms with E-state index in [0.29, 0.717) is 16.5 Å². The molecule has 4 heteroatoms. The summed E-state index contributed by atoms with van der Waals surface area (Å²) in [5.41, 5.74) is 4.14. The summed E-state index contributed by atoms with van der Waals surface area (Å²) in [6, 6.07) is 23.2. The first-order valence-electron chi connectivity index (χ1n) is 8.53. The molecule has 26 heavy (non-hydrogen) atoms. The number of aliphatic hydroxyl groups is 1. The van der Waals surface area contributed by atoms with Gasteiger partial charge in [0, 0.05) is 22.2 Å². The smallest absolute Gasteiger partial charge is 0.0813 e. The molecular weight excluding hydrogens is 365 g/mol. The van der Waals surface area contributed by atoms with E-state index in [1.54, 1.807) is 12.1 Å². The Bertz CT molecular complexity index is 830. The molecule has 0 heterocycles. The van der Waals surface area contributed by atoms with E-state index in [1.165, 1.54) is 5.56 Å². The molecule has 2 N–H and O–H groups in total. The molecule has 0 saturated carbocycles. The lowest BCUT2D eigenvalue weighted by Crippen LogP contribution is -2.15. The molecule has 3 aromatic rings. The predicted octanol–water partition coefficient (Wildman–Crippen LogP) is 6.58. The van der Waals surface area contributed by atoms with E-state index in [-0.39, 0.29) is 6.04 Å². The summed E-state index contributed by atoms with van der Waals surface area (Å²) < 4.78 is 0. The minimum atomic E-state index is -0.599. The highest BCUT2D eigenvalue weighted by Crippen LogP contribution is 2.30. The van der Waals surface area contributed by atoms with Gasteiger partial charge in [-0.2, -0.15) is 0 Å². The largest absolute Gasteiger partial charge is 0.388 e. The van der Waals surface area contributed by atoms with Gasteiger partial charge in [0.25, 0.3) is 0 Å². The van der Waals surface area contributed by atoms with E-state index in [0.717, 1.165) is 16.8 Å². The Morgan fingerprint density at radius 1 is 0.769 bits per heavy atom. The standard InChI is InChI=1S/C22H21Cl2NO/c1-15-2-4-16(5-3-15)21(25-20-12-10-19(24)11-13-20)14-22(26)17-6-8-18(23)9-7-17/h2-13,21-22,25-26H,14H2,1H3. The monoisotopic (exact) mass is 385 g/mol. The van der Waals surface area contributed by atoms with Crippen LogP contribution in [0.1, 0.15) is 35.3 Å². The second-order valence-electron chi connectivity index (χ2n) is 6.42. The van der Waals surface area contributed by atoms with E-state index in [4.69, 9.17) is 23.2 Å². The number of benzene rings is 3. The Labute approximate surface area is 164 Å². The highest BCUT2D eigenvalue weighted by atomic mass is 35.5. The third kappa shape index (κ3) is 5.01. The van der Waals surface area contributed by atoms with Crippen LogP contribution in [0.25, 0.3) is 0 Å². The van der Waals surface area contributed by atoms with Gasteiger partial charge in [0.2, 0.25) is 0 Å². The molecular formula is C22H21Cl2NO. The molecule has 0 fully saturated rings. The van der Waals surface area contributed by atoms with Gasteiger partial charge in [-0.15, -0.1) is 0 Å². The highest BCUT2D eigenvalue weighted by molar-refractivity contribution is 6.30. The number of aryl methyl sites for hydroxylation is 1. The molecule has 0 spiro atoms. The summed E-state index contributed by atoms with van der Waals surface area (Å²) in [7, 11) is 0. The lowest BCUT2D eigenvalue weighted by atomic mass is 9.96. The van der Waals surface area contributed by atoms with Crippen molar-refractivity contribution in [3.8, 4) is 0 Å². The van der Waals surface area contributed by atoms with Crippen molar-refractivity contribution >= 4 is 28.9 Å². The maximum absolute atomic E-state index is 10.7. The number of aliphatic hydroxyl groups excluding tert-OH is 1. The molecule has 3 rings (SSSR count). The zero-order valence-electron chi connectivity index (χ0n) is 14.5. The Hall–Kier alpha value is -2.00. The van der Waals surface area contributed by atoms with Crippen molar-refractivity contribution in [2.24, 2.45) is 0 Å². The Morgan fingerprint density at radius 2 is 1.27 bits per heavy atom. The number of hydrogen-bond donors (Lipinski definition) is 2. The van der Waals surface area contributed by atoms with Crippen LogP contribution in [0.5, 0.6) is 0 Å². The summed E-state index contributed by atoms with van der Waals surface area (Å²) >= 11 is 11.9. The maximum atomic E-state index is 10.7. The Morgan fingerprint density at radius 3 is 1.85 bits per heavy atom. The Balaban J connectivity index is 1.83. The van der Waals surface area contributed by atoms with Crippen molar-refractivity contribution in [2.75, 3.05) is 5.32 Å². The first-order chi connectivity index (χ1) is 12.5. The normalized spacial score (nSPS) is 13.2. The van der Waals surface area contributed by atoms with Crippen LogP contribution in [-0.2, 0) is 0 Å². The summed E-state index contributed by atoms with van der Waals surface area (Å²) in [5, 5.41) is 15.6. The first-order valence-corrected chi connectivity index (χ1v) is 9.29. The van der Waals surface area contributed by atoms with E-state index in [2.05, 4.69) is 36.5 Å². The molecule has 0 aliphatic heterocycles. The van der Waals surface area contributed by atoms with Crippen molar-refractivity contribution in [2.45, 2.75) is 25.5 Å². The van der Waals surface area contributed by atoms with Crippen molar-refractivity contribution in [3.05, 3.63) is 99.5 Å². The number of rotatable bonds is 6. The van der Waals surface area contributed by atoms with Crippen LogP contribution in [0.15, 0.2) is 72.8 Å². The molecule has 2 nitrogen and oxygen atoms in total. The van der Waals surface area contributed by atoms with Crippen molar-refractivity contribution in [1.29, 1.82) is 0 Å². The number of hydrogen-bond acceptors (Lipinski definition) is 2. The van der Waals surface area contributed by atoms with Gasteiger partial charge < -0.3 is 10.4 Å². The lowest BCUT2D eigenvalue weighted by molar-refractivity contribution is 0.160. The second kappa shape index (κ2) is 8.59. The van der Waals surface area contributed by atoms with Gasteiger partial charge in [-0.25, -0.2) is 0 Å². The topological polar surface area (TPSA) is 32.3 Å².